The van der Waals surface area contributed by atoms with Crippen LogP contribution in [-0.4, -0.2) is 76.7 Å². The maximum absolute atomic E-state index is 12.8. The minimum atomic E-state index is -1.39. The number of hydrogen-bond donors (Lipinski definition) is 2. The Hall–Kier alpha value is -2.73. The number of esters is 1. The lowest BCUT2D eigenvalue weighted by Gasteiger charge is -2.36. The molecule has 0 bridgehead atoms. The largest absolute Gasteiger partial charge is 0.476 e. The number of amides is 1. The van der Waals surface area contributed by atoms with Crippen molar-refractivity contribution in [2.45, 2.75) is 58.7 Å². The minimum Gasteiger partial charge on any atom is -0.476 e. The predicted octanol–water partition coefficient (Wildman–Crippen LogP) is 2.96. The molecule has 1 fully saturated rings. The number of nitrogens with zero attached hydrogens (tertiary/aromatic N) is 3. The second-order valence-corrected chi connectivity index (χ2v) is 10.1. The van der Waals surface area contributed by atoms with Crippen molar-refractivity contribution in [3.63, 3.8) is 0 Å². The lowest BCUT2D eigenvalue weighted by molar-refractivity contribution is -0.180. The number of carboxylic acid groups (broad SMARTS) is 1. The van der Waals surface area contributed by atoms with Gasteiger partial charge in [0.15, 0.2) is 5.13 Å². The monoisotopic (exact) mass is 484 g/mol. The Morgan fingerprint density at radius 2 is 1.94 bits per heavy atom. The lowest BCUT2D eigenvalue weighted by atomic mass is 9.91. The first-order valence-corrected chi connectivity index (χ1v) is 11.5. The summed E-state index contributed by atoms with van der Waals surface area (Å²) in [5.74, 6) is -1.81. The highest BCUT2D eigenvalue weighted by Gasteiger charge is 2.46. The highest BCUT2D eigenvalue weighted by atomic mass is 32.1. The molecule has 1 amide bonds. The number of rotatable bonds is 8. The van der Waals surface area contributed by atoms with E-state index in [0.29, 0.717) is 25.9 Å². The van der Waals surface area contributed by atoms with E-state index in [1.807, 2.05) is 25.8 Å². The van der Waals surface area contributed by atoms with Gasteiger partial charge < -0.3 is 24.3 Å². The number of oxime groups is 1. The number of carbonyl (C=O) groups is 3. The number of likely N-dealkylation sites (tertiary alicyclic amines) is 1. The Morgan fingerprint density at radius 3 is 2.48 bits per heavy atom. The number of ether oxygens (including phenoxy) is 2. The van der Waals surface area contributed by atoms with Gasteiger partial charge >= 0.3 is 18.0 Å². The van der Waals surface area contributed by atoms with E-state index >= 15 is 0 Å². The summed E-state index contributed by atoms with van der Waals surface area (Å²) >= 11 is 1.01. The zero-order chi connectivity index (χ0) is 24.8. The van der Waals surface area contributed by atoms with Gasteiger partial charge in [-0.1, -0.05) is 19.0 Å². The van der Waals surface area contributed by atoms with E-state index in [2.05, 4.69) is 15.5 Å². The summed E-state index contributed by atoms with van der Waals surface area (Å²) in [4.78, 5) is 48.4. The molecule has 2 N–H and O–H groups in total. The Labute approximate surface area is 197 Å². The number of aromatic nitrogens is 1. The molecule has 1 aromatic heterocycles. The summed E-state index contributed by atoms with van der Waals surface area (Å²) in [6.45, 7) is 10.3. The van der Waals surface area contributed by atoms with E-state index < -0.39 is 34.9 Å². The van der Waals surface area contributed by atoms with E-state index in [1.165, 1.54) is 5.38 Å². The van der Waals surface area contributed by atoms with Crippen LogP contribution in [0.1, 0.15) is 53.2 Å². The van der Waals surface area contributed by atoms with Crippen molar-refractivity contribution in [1.82, 2.24) is 9.88 Å². The van der Waals surface area contributed by atoms with E-state index in [4.69, 9.17) is 14.3 Å². The van der Waals surface area contributed by atoms with Gasteiger partial charge in [0.1, 0.15) is 11.3 Å². The van der Waals surface area contributed by atoms with Crippen LogP contribution in [0.2, 0.25) is 0 Å². The quantitative estimate of drug-likeness (QED) is 0.324. The number of anilines is 1. The van der Waals surface area contributed by atoms with E-state index in [9.17, 15) is 19.5 Å². The van der Waals surface area contributed by atoms with Gasteiger partial charge in [0.2, 0.25) is 11.3 Å². The first-order chi connectivity index (χ1) is 15.3. The first kappa shape index (κ1) is 26.5. The van der Waals surface area contributed by atoms with Gasteiger partial charge in [0.25, 0.3) is 0 Å². The summed E-state index contributed by atoms with van der Waals surface area (Å²) in [6.07, 6.45) is -0.106. The molecule has 0 aromatic carbocycles. The Kier molecular flexibility index (Phi) is 8.78. The van der Waals surface area contributed by atoms with Gasteiger partial charge in [-0.2, -0.15) is 0 Å². The summed E-state index contributed by atoms with van der Waals surface area (Å²) < 4.78 is 10.6. The molecule has 1 aliphatic heterocycles. The molecule has 0 saturated carbocycles. The van der Waals surface area contributed by atoms with Crippen LogP contribution in [0.15, 0.2) is 10.5 Å². The van der Waals surface area contributed by atoms with Crippen molar-refractivity contribution >= 4 is 40.2 Å². The molecule has 0 atom stereocenters. The lowest BCUT2D eigenvalue weighted by Crippen LogP contribution is -2.50. The fourth-order valence-corrected chi connectivity index (χ4v) is 3.53. The van der Waals surface area contributed by atoms with Crippen LogP contribution in [-0.2, 0) is 23.9 Å². The first-order valence-electron chi connectivity index (χ1n) is 10.6. The molecule has 0 radical (unpaired) electrons. The number of piperidine rings is 1. The van der Waals surface area contributed by atoms with E-state index in [-0.39, 0.29) is 23.4 Å². The van der Waals surface area contributed by atoms with Gasteiger partial charge in [-0.15, -0.1) is 11.3 Å². The molecular formula is C21H32N4O7S. The maximum Gasteiger partial charge on any atom is 0.413 e. The second kappa shape index (κ2) is 10.9. The molecule has 0 unspecified atom stereocenters. The van der Waals surface area contributed by atoms with Gasteiger partial charge in [0, 0.05) is 31.3 Å². The Morgan fingerprint density at radius 1 is 1.30 bits per heavy atom. The van der Waals surface area contributed by atoms with Gasteiger partial charge in [0.05, 0.1) is 6.61 Å². The second-order valence-electron chi connectivity index (χ2n) is 9.29. The van der Waals surface area contributed by atoms with Gasteiger partial charge in [-0.3, -0.25) is 5.32 Å². The number of aliphatic carboxylic acids is 1. The molecule has 184 valence electrons. The third-order valence-corrected chi connectivity index (χ3v) is 5.34. The summed E-state index contributed by atoms with van der Waals surface area (Å²) in [5, 5.41) is 17.5. The average molecular weight is 485 g/mol. The SMILES string of the molecule is CC(C)COC(=O)C1(O/N=C(\C(=O)O)c2csc(NC(=O)OC(C)(C)C)n2)CCN(C)CC1. The van der Waals surface area contributed by atoms with Crippen LogP contribution in [0.25, 0.3) is 0 Å². The number of carbonyl (C=O) groups excluding carboxylic acids is 2. The average Bonchev–Trinajstić information content (AvgIpc) is 3.13. The molecule has 0 spiro atoms. The standard InChI is InChI=1S/C21H32N4O7S/c1-13(2)11-30-17(28)21(7-9-25(6)10-8-21)32-24-15(16(26)27)14-12-33-18(22-14)23-19(29)31-20(3,4)5/h12-13H,7-11H2,1-6H3,(H,26,27)(H,22,23,29)/b24-15-. The molecular weight excluding hydrogens is 452 g/mol. The van der Waals surface area contributed by atoms with Crippen LogP contribution in [0.3, 0.4) is 0 Å². The van der Waals surface area contributed by atoms with Crippen LogP contribution >= 0.6 is 11.3 Å². The van der Waals surface area contributed by atoms with Crippen molar-refractivity contribution < 1.29 is 33.8 Å². The molecule has 1 saturated heterocycles. The van der Waals surface area contributed by atoms with Crippen LogP contribution in [0.5, 0.6) is 0 Å². The third-order valence-electron chi connectivity index (χ3n) is 4.58. The van der Waals surface area contributed by atoms with Gasteiger partial charge in [-0.05, 0) is 33.7 Å². The van der Waals surface area contributed by atoms with Crippen LogP contribution < -0.4 is 5.32 Å². The molecule has 2 heterocycles. The molecule has 2 rings (SSSR count). The fraction of sp³-hybridized carbons (Fsp3) is 0.667. The van der Waals surface area contributed by atoms with Crippen molar-refractivity contribution in [3.05, 3.63) is 11.1 Å². The zero-order valence-corrected chi connectivity index (χ0v) is 20.7. The van der Waals surface area contributed by atoms with Crippen molar-refractivity contribution in [2.75, 3.05) is 32.1 Å². The van der Waals surface area contributed by atoms with E-state index in [0.717, 1.165) is 11.3 Å². The van der Waals surface area contributed by atoms with Crippen molar-refractivity contribution in [1.29, 1.82) is 0 Å². The summed E-state index contributed by atoms with van der Waals surface area (Å²) in [6, 6.07) is 0. The summed E-state index contributed by atoms with van der Waals surface area (Å²) in [7, 11) is 1.92. The molecule has 33 heavy (non-hydrogen) atoms. The number of nitrogens with one attached hydrogen (secondary N) is 1. The van der Waals surface area contributed by atoms with Crippen LogP contribution in [0.4, 0.5) is 9.93 Å². The Balaban J connectivity index is 2.21. The molecule has 12 heteroatoms. The smallest absolute Gasteiger partial charge is 0.413 e. The normalized spacial score (nSPS) is 16.9. The van der Waals surface area contributed by atoms with Gasteiger partial charge in [-0.25, -0.2) is 19.4 Å². The van der Waals surface area contributed by atoms with Crippen molar-refractivity contribution in [3.8, 4) is 0 Å². The molecule has 11 nitrogen and oxygen atoms in total. The predicted molar refractivity (Wildman–Crippen MR) is 122 cm³/mol. The highest BCUT2D eigenvalue weighted by molar-refractivity contribution is 7.14. The number of thiazole rings is 1. The topological polar surface area (TPSA) is 140 Å². The third kappa shape index (κ3) is 7.97. The maximum atomic E-state index is 12.8. The highest BCUT2D eigenvalue weighted by Crippen LogP contribution is 2.29. The Bertz CT molecular complexity index is 883. The molecule has 1 aliphatic rings. The molecule has 0 aliphatic carbocycles. The number of hydrogen-bond acceptors (Lipinski definition) is 10. The minimum absolute atomic E-state index is 0.0165. The summed E-state index contributed by atoms with van der Waals surface area (Å²) in [5.41, 5.74) is -2.58. The number of carboxylic acids is 1. The fourth-order valence-electron chi connectivity index (χ4n) is 2.85. The van der Waals surface area contributed by atoms with Crippen LogP contribution in [0, 0.1) is 5.92 Å². The molecule has 1 aromatic rings. The van der Waals surface area contributed by atoms with E-state index in [1.54, 1.807) is 20.8 Å². The van der Waals surface area contributed by atoms with Crippen molar-refractivity contribution in [2.24, 2.45) is 11.1 Å². The zero-order valence-electron chi connectivity index (χ0n) is 19.8.